The largest absolute Gasteiger partial charge is 0.324 e. The summed E-state index contributed by atoms with van der Waals surface area (Å²) in [5.74, 6) is 0.820. The van der Waals surface area contributed by atoms with Crippen molar-refractivity contribution in [3.63, 3.8) is 0 Å². The Morgan fingerprint density at radius 1 is 1.56 bits per heavy atom. The number of hydrogen-bond acceptors (Lipinski definition) is 2. The maximum absolute atomic E-state index is 6.55. The Hall–Kier alpha value is -0.340. The minimum absolute atomic E-state index is 0.0940. The van der Waals surface area contributed by atoms with E-state index in [2.05, 4.69) is 24.8 Å². The van der Waals surface area contributed by atoms with E-state index in [0.717, 1.165) is 19.0 Å². The van der Waals surface area contributed by atoms with Gasteiger partial charge < -0.3 is 5.73 Å². The van der Waals surface area contributed by atoms with Crippen molar-refractivity contribution in [3.05, 3.63) is 11.6 Å². The van der Waals surface area contributed by atoms with Gasteiger partial charge in [0.05, 0.1) is 0 Å². The van der Waals surface area contributed by atoms with Crippen LogP contribution in [0.1, 0.15) is 46.0 Å². The number of rotatable bonds is 2. The predicted octanol–water partition coefficient (Wildman–Crippen LogP) is 2.55. The van der Waals surface area contributed by atoms with Crippen molar-refractivity contribution in [1.82, 2.24) is 4.90 Å². The molecule has 0 aromatic carbocycles. The van der Waals surface area contributed by atoms with Crippen LogP contribution >= 0.6 is 0 Å². The fourth-order valence-electron chi connectivity index (χ4n) is 3.25. The molecule has 92 valence electrons. The molecule has 2 aliphatic rings. The molecule has 2 N–H and O–H groups in total. The van der Waals surface area contributed by atoms with E-state index in [1.165, 1.54) is 38.6 Å². The Morgan fingerprint density at radius 3 is 3.00 bits per heavy atom. The second-order valence-corrected chi connectivity index (χ2v) is 6.10. The Labute approximate surface area is 99.9 Å². The van der Waals surface area contributed by atoms with Crippen LogP contribution in [0.25, 0.3) is 0 Å². The monoisotopic (exact) mass is 222 g/mol. The van der Waals surface area contributed by atoms with Gasteiger partial charge in [0, 0.05) is 25.2 Å². The maximum atomic E-state index is 6.55. The third-order valence-corrected chi connectivity index (χ3v) is 4.19. The van der Waals surface area contributed by atoms with Crippen molar-refractivity contribution in [3.8, 4) is 0 Å². The standard InChI is InChI=1S/C14H26N2/c1-12-5-8-16(9-6-12)11-14(15)7-3-4-13(2)10-14/h5,13H,3-4,6-11,15H2,1-2H3. The van der Waals surface area contributed by atoms with Crippen LogP contribution in [0.5, 0.6) is 0 Å². The number of nitrogens with two attached hydrogens (primary N) is 1. The van der Waals surface area contributed by atoms with Gasteiger partial charge in [-0.3, -0.25) is 4.90 Å². The summed E-state index contributed by atoms with van der Waals surface area (Å²) in [6.07, 6.45) is 8.71. The average Bonchev–Trinajstić information content (AvgIpc) is 2.21. The molecule has 2 heteroatoms. The van der Waals surface area contributed by atoms with Gasteiger partial charge in [-0.25, -0.2) is 0 Å². The second-order valence-electron chi connectivity index (χ2n) is 6.10. The molecule has 1 heterocycles. The lowest BCUT2D eigenvalue weighted by Gasteiger charge is -2.41. The van der Waals surface area contributed by atoms with E-state index < -0.39 is 0 Å². The van der Waals surface area contributed by atoms with Crippen LogP contribution in [-0.2, 0) is 0 Å². The van der Waals surface area contributed by atoms with Crippen LogP contribution in [0.2, 0.25) is 0 Å². The summed E-state index contributed by atoms with van der Waals surface area (Å²) in [6.45, 7) is 8.00. The summed E-state index contributed by atoms with van der Waals surface area (Å²) >= 11 is 0. The van der Waals surface area contributed by atoms with Crippen molar-refractivity contribution < 1.29 is 0 Å². The van der Waals surface area contributed by atoms with Gasteiger partial charge in [-0.05, 0) is 32.1 Å². The fraction of sp³-hybridized carbons (Fsp3) is 0.857. The molecule has 2 atom stereocenters. The molecule has 0 aromatic heterocycles. The number of hydrogen-bond donors (Lipinski definition) is 1. The molecule has 0 bridgehead atoms. The highest BCUT2D eigenvalue weighted by molar-refractivity contribution is 5.05. The van der Waals surface area contributed by atoms with Crippen LogP contribution in [-0.4, -0.2) is 30.1 Å². The van der Waals surface area contributed by atoms with Gasteiger partial charge in [-0.1, -0.05) is 31.4 Å². The summed E-state index contributed by atoms with van der Waals surface area (Å²) in [5.41, 5.74) is 8.19. The van der Waals surface area contributed by atoms with Crippen molar-refractivity contribution in [2.75, 3.05) is 19.6 Å². The van der Waals surface area contributed by atoms with E-state index in [0.29, 0.717) is 0 Å². The molecule has 2 unspecified atom stereocenters. The molecule has 0 radical (unpaired) electrons. The molecule has 1 aliphatic carbocycles. The quantitative estimate of drug-likeness (QED) is 0.728. The predicted molar refractivity (Wildman–Crippen MR) is 69.4 cm³/mol. The topological polar surface area (TPSA) is 29.3 Å². The summed E-state index contributed by atoms with van der Waals surface area (Å²) < 4.78 is 0. The van der Waals surface area contributed by atoms with Crippen molar-refractivity contribution in [2.24, 2.45) is 11.7 Å². The third-order valence-electron chi connectivity index (χ3n) is 4.19. The molecular formula is C14H26N2. The normalized spacial score (nSPS) is 37.2. The van der Waals surface area contributed by atoms with Crippen molar-refractivity contribution in [2.45, 2.75) is 51.5 Å². The van der Waals surface area contributed by atoms with Crippen LogP contribution in [0.4, 0.5) is 0 Å². The lowest BCUT2D eigenvalue weighted by molar-refractivity contribution is 0.156. The Morgan fingerprint density at radius 2 is 2.38 bits per heavy atom. The van der Waals surface area contributed by atoms with Gasteiger partial charge in [-0.2, -0.15) is 0 Å². The number of nitrogens with zero attached hydrogens (tertiary/aromatic N) is 1. The lowest BCUT2D eigenvalue weighted by Crippen LogP contribution is -2.53. The van der Waals surface area contributed by atoms with E-state index in [1.807, 2.05) is 0 Å². The molecule has 2 nitrogen and oxygen atoms in total. The maximum Gasteiger partial charge on any atom is 0.0286 e. The highest BCUT2D eigenvalue weighted by Crippen LogP contribution is 2.31. The zero-order valence-corrected chi connectivity index (χ0v) is 10.8. The molecule has 0 spiro atoms. The SMILES string of the molecule is CC1=CCN(CC2(N)CCCC(C)C2)CC1. The molecule has 0 amide bonds. The fourth-order valence-corrected chi connectivity index (χ4v) is 3.25. The highest BCUT2D eigenvalue weighted by Gasteiger charge is 2.32. The summed E-state index contributed by atoms with van der Waals surface area (Å²) in [7, 11) is 0. The van der Waals surface area contributed by atoms with Crippen LogP contribution in [0.3, 0.4) is 0 Å². The van der Waals surface area contributed by atoms with Gasteiger partial charge in [0.15, 0.2) is 0 Å². The minimum atomic E-state index is 0.0940. The first kappa shape index (κ1) is 12.1. The Kier molecular flexibility index (Phi) is 3.70. The summed E-state index contributed by atoms with van der Waals surface area (Å²) in [5, 5.41) is 0. The molecule has 0 aromatic rings. The third kappa shape index (κ3) is 3.08. The van der Waals surface area contributed by atoms with E-state index >= 15 is 0 Å². The van der Waals surface area contributed by atoms with Gasteiger partial charge in [0.1, 0.15) is 0 Å². The molecule has 1 aliphatic heterocycles. The smallest absolute Gasteiger partial charge is 0.0286 e. The first-order valence-electron chi connectivity index (χ1n) is 6.74. The molecular weight excluding hydrogens is 196 g/mol. The highest BCUT2D eigenvalue weighted by atomic mass is 15.1. The molecule has 16 heavy (non-hydrogen) atoms. The van der Waals surface area contributed by atoms with Gasteiger partial charge in [0.2, 0.25) is 0 Å². The Balaban J connectivity index is 1.88. The molecule has 0 saturated heterocycles. The van der Waals surface area contributed by atoms with Gasteiger partial charge in [0.25, 0.3) is 0 Å². The first-order valence-corrected chi connectivity index (χ1v) is 6.74. The van der Waals surface area contributed by atoms with E-state index in [-0.39, 0.29) is 5.54 Å². The zero-order chi connectivity index (χ0) is 11.6. The van der Waals surface area contributed by atoms with Crippen molar-refractivity contribution in [1.29, 1.82) is 0 Å². The van der Waals surface area contributed by atoms with Crippen LogP contribution in [0.15, 0.2) is 11.6 Å². The lowest BCUT2D eigenvalue weighted by atomic mass is 9.76. The van der Waals surface area contributed by atoms with E-state index in [9.17, 15) is 0 Å². The zero-order valence-electron chi connectivity index (χ0n) is 10.8. The summed E-state index contributed by atoms with van der Waals surface area (Å²) in [4.78, 5) is 2.53. The molecule has 2 rings (SSSR count). The Bertz CT molecular complexity index is 272. The van der Waals surface area contributed by atoms with E-state index in [1.54, 1.807) is 5.57 Å². The van der Waals surface area contributed by atoms with E-state index in [4.69, 9.17) is 5.73 Å². The molecule has 1 saturated carbocycles. The molecule has 1 fully saturated rings. The first-order chi connectivity index (χ1) is 7.57. The average molecular weight is 222 g/mol. The minimum Gasteiger partial charge on any atom is -0.324 e. The second kappa shape index (κ2) is 4.89. The van der Waals surface area contributed by atoms with Crippen molar-refractivity contribution >= 4 is 0 Å². The van der Waals surface area contributed by atoms with Gasteiger partial charge >= 0.3 is 0 Å². The summed E-state index contributed by atoms with van der Waals surface area (Å²) in [6, 6.07) is 0. The van der Waals surface area contributed by atoms with Crippen LogP contribution < -0.4 is 5.73 Å². The van der Waals surface area contributed by atoms with Crippen LogP contribution in [0, 0.1) is 5.92 Å². The van der Waals surface area contributed by atoms with Gasteiger partial charge in [-0.15, -0.1) is 0 Å².